The highest BCUT2D eigenvalue weighted by molar-refractivity contribution is 5.13. The van der Waals surface area contributed by atoms with Crippen LogP contribution in [0.4, 0.5) is 0 Å². The number of hydrogen-bond donors (Lipinski definition) is 1. The number of fused-ring (bicyclic) bond motifs is 4. The Morgan fingerprint density at radius 1 is 0.704 bits per heavy atom. The summed E-state index contributed by atoms with van der Waals surface area (Å²) in [5, 5.41) is 0. The van der Waals surface area contributed by atoms with Gasteiger partial charge in [-0.1, -0.05) is 27.7 Å². The van der Waals surface area contributed by atoms with Crippen molar-refractivity contribution >= 4 is 0 Å². The van der Waals surface area contributed by atoms with Gasteiger partial charge in [0, 0.05) is 43.8 Å². The first-order valence-corrected chi connectivity index (χ1v) is 11.8. The number of nitrogens with two attached hydrogens (primary N) is 1. The van der Waals surface area contributed by atoms with E-state index in [9.17, 15) is 0 Å². The lowest BCUT2D eigenvalue weighted by atomic mass is 9.52. The highest BCUT2D eigenvalue weighted by Crippen LogP contribution is 2.51. The van der Waals surface area contributed by atoms with E-state index in [0.717, 1.165) is 41.5 Å². The molecule has 0 aromatic carbocycles. The third-order valence-electron chi connectivity index (χ3n) is 8.76. The van der Waals surface area contributed by atoms with Crippen LogP contribution >= 0.6 is 0 Å². The molecule has 4 atom stereocenters. The zero-order valence-electron chi connectivity index (χ0n) is 19.4. The summed E-state index contributed by atoms with van der Waals surface area (Å²) in [6, 6.07) is 1.45. The molecule has 6 aliphatic rings. The van der Waals surface area contributed by atoms with E-state index in [1.807, 2.05) is 0 Å². The Hall–Kier alpha value is -0.120. The zero-order valence-corrected chi connectivity index (χ0v) is 19.4. The molecule has 2 N–H and O–H groups in total. The highest BCUT2D eigenvalue weighted by atomic mass is 15.2. The van der Waals surface area contributed by atoms with Crippen molar-refractivity contribution in [3.8, 4) is 0 Å². The fourth-order valence-electron chi connectivity index (χ4n) is 6.87. The van der Waals surface area contributed by atoms with Crippen LogP contribution in [-0.4, -0.2) is 53.6 Å². The SMILES string of the molecule is CC(C)C1C2CC1CN(C(C)C)C2.CC(C)N1CC2CC(C1)C2(N)C(C)C. The van der Waals surface area contributed by atoms with Crippen molar-refractivity contribution in [2.24, 2.45) is 47.2 Å². The predicted octanol–water partition coefficient (Wildman–Crippen LogP) is 4.32. The van der Waals surface area contributed by atoms with Crippen LogP contribution < -0.4 is 5.73 Å². The fourth-order valence-corrected chi connectivity index (χ4v) is 6.87. The second-order valence-electron chi connectivity index (χ2n) is 11.5. The summed E-state index contributed by atoms with van der Waals surface area (Å²) in [5.74, 6) is 6.17. The van der Waals surface area contributed by atoms with Gasteiger partial charge in [-0.15, -0.1) is 0 Å². The minimum atomic E-state index is 0.158. The average molecular weight is 378 g/mol. The molecule has 4 bridgehead atoms. The molecule has 2 saturated carbocycles. The van der Waals surface area contributed by atoms with Gasteiger partial charge in [-0.25, -0.2) is 0 Å². The van der Waals surface area contributed by atoms with E-state index in [1.165, 1.54) is 39.0 Å². The van der Waals surface area contributed by atoms with Crippen molar-refractivity contribution in [2.45, 2.75) is 85.9 Å². The van der Waals surface area contributed by atoms with Gasteiger partial charge in [0.2, 0.25) is 0 Å². The molecule has 27 heavy (non-hydrogen) atoms. The summed E-state index contributed by atoms with van der Waals surface area (Å²) < 4.78 is 0. The molecule has 158 valence electrons. The molecular formula is C24H47N3. The molecular weight excluding hydrogens is 330 g/mol. The lowest BCUT2D eigenvalue weighted by molar-refractivity contribution is -0.0980. The van der Waals surface area contributed by atoms with Crippen LogP contribution in [0.5, 0.6) is 0 Å². The standard InChI is InChI=1S/C12H24N2.C12H23N/c1-8(2)12(13)10-5-11(12)7-14(6-10)9(3)4;1-8(2)12-10-5-11(12)7-13(6-10)9(3)4/h8-11H,5-7,13H2,1-4H3;8-12H,5-7H2,1-4H3. The molecule has 3 heteroatoms. The van der Waals surface area contributed by atoms with Crippen LogP contribution in [-0.2, 0) is 0 Å². The minimum Gasteiger partial charge on any atom is -0.324 e. The van der Waals surface area contributed by atoms with Gasteiger partial charge in [-0.2, -0.15) is 0 Å². The molecule has 4 heterocycles. The van der Waals surface area contributed by atoms with Crippen molar-refractivity contribution in [1.29, 1.82) is 0 Å². The largest absolute Gasteiger partial charge is 0.324 e. The molecule has 0 spiro atoms. The van der Waals surface area contributed by atoms with Gasteiger partial charge < -0.3 is 15.5 Å². The van der Waals surface area contributed by atoms with E-state index in [1.54, 1.807) is 0 Å². The molecule has 2 aliphatic carbocycles. The third-order valence-corrected chi connectivity index (χ3v) is 8.76. The number of nitrogens with zero attached hydrogens (tertiary/aromatic N) is 2. The van der Waals surface area contributed by atoms with Crippen LogP contribution in [0, 0.1) is 41.4 Å². The summed E-state index contributed by atoms with van der Waals surface area (Å²) >= 11 is 0. The van der Waals surface area contributed by atoms with Gasteiger partial charge in [0.25, 0.3) is 0 Å². The number of hydrogen-bond acceptors (Lipinski definition) is 3. The molecule has 0 amide bonds. The maximum atomic E-state index is 6.53. The predicted molar refractivity (Wildman–Crippen MR) is 117 cm³/mol. The Labute approximate surface area is 169 Å². The monoisotopic (exact) mass is 377 g/mol. The van der Waals surface area contributed by atoms with Crippen LogP contribution in [0.15, 0.2) is 0 Å². The summed E-state index contributed by atoms with van der Waals surface area (Å²) in [6.45, 7) is 23.8. The van der Waals surface area contributed by atoms with Gasteiger partial charge in [-0.3, -0.25) is 0 Å². The molecule has 6 rings (SSSR count). The molecule has 0 aromatic rings. The quantitative estimate of drug-likeness (QED) is 0.792. The molecule has 0 aromatic heterocycles. The second kappa shape index (κ2) is 7.95. The van der Waals surface area contributed by atoms with E-state index in [0.29, 0.717) is 12.0 Å². The normalized spacial score (nSPS) is 41.4. The topological polar surface area (TPSA) is 32.5 Å². The highest BCUT2D eigenvalue weighted by Gasteiger charge is 2.57. The van der Waals surface area contributed by atoms with Gasteiger partial charge in [-0.05, 0) is 82.0 Å². The molecule has 3 nitrogen and oxygen atoms in total. The minimum absolute atomic E-state index is 0.158. The van der Waals surface area contributed by atoms with Gasteiger partial charge in [0.05, 0.1) is 0 Å². The van der Waals surface area contributed by atoms with Crippen molar-refractivity contribution in [3.63, 3.8) is 0 Å². The van der Waals surface area contributed by atoms with Crippen LogP contribution in [0.3, 0.4) is 0 Å². The van der Waals surface area contributed by atoms with Crippen molar-refractivity contribution in [2.75, 3.05) is 26.2 Å². The Morgan fingerprint density at radius 3 is 1.52 bits per heavy atom. The first-order chi connectivity index (χ1) is 12.6. The first-order valence-electron chi connectivity index (χ1n) is 11.8. The molecule has 4 aliphatic heterocycles. The number of rotatable bonds is 4. The van der Waals surface area contributed by atoms with E-state index in [-0.39, 0.29) is 5.54 Å². The maximum Gasteiger partial charge on any atom is 0.0259 e. The van der Waals surface area contributed by atoms with Crippen molar-refractivity contribution in [1.82, 2.24) is 9.80 Å². The lowest BCUT2D eigenvalue weighted by Crippen LogP contribution is -2.74. The van der Waals surface area contributed by atoms with Crippen LogP contribution in [0.1, 0.15) is 68.2 Å². The van der Waals surface area contributed by atoms with Crippen molar-refractivity contribution in [3.05, 3.63) is 0 Å². The second-order valence-corrected chi connectivity index (χ2v) is 11.5. The summed E-state index contributed by atoms with van der Waals surface area (Å²) in [5.41, 5.74) is 6.69. The van der Waals surface area contributed by atoms with Crippen LogP contribution in [0.2, 0.25) is 0 Å². The molecule has 6 fully saturated rings. The number of piperidine rings is 4. The Kier molecular flexibility index (Phi) is 6.36. The van der Waals surface area contributed by atoms with Gasteiger partial charge >= 0.3 is 0 Å². The Morgan fingerprint density at radius 2 is 1.15 bits per heavy atom. The Bertz CT molecular complexity index is 474. The summed E-state index contributed by atoms with van der Waals surface area (Å²) in [7, 11) is 0. The smallest absolute Gasteiger partial charge is 0.0259 e. The first kappa shape index (κ1) is 21.6. The van der Waals surface area contributed by atoms with Gasteiger partial charge in [0.15, 0.2) is 0 Å². The Balaban J connectivity index is 0.000000156. The molecule has 0 radical (unpaired) electrons. The molecule has 4 saturated heterocycles. The van der Waals surface area contributed by atoms with Crippen molar-refractivity contribution < 1.29 is 0 Å². The van der Waals surface area contributed by atoms with E-state index >= 15 is 0 Å². The maximum absolute atomic E-state index is 6.53. The lowest BCUT2D eigenvalue weighted by Gasteiger charge is -2.63. The average Bonchev–Trinajstić information content (AvgIpc) is 2.60. The van der Waals surface area contributed by atoms with Gasteiger partial charge in [0.1, 0.15) is 0 Å². The van der Waals surface area contributed by atoms with E-state index < -0.39 is 0 Å². The zero-order chi connectivity index (χ0) is 20.1. The fraction of sp³-hybridized carbons (Fsp3) is 1.00. The summed E-state index contributed by atoms with van der Waals surface area (Å²) in [6.07, 6.45) is 2.89. The third kappa shape index (κ3) is 3.85. The summed E-state index contributed by atoms with van der Waals surface area (Å²) in [4.78, 5) is 5.25. The molecule has 4 unspecified atom stereocenters. The van der Waals surface area contributed by atoms with E-state index in [4.69, 9.17) is 5.73 Å². The van der Waals surface area contributed by atoms with Crippen LogP contribution in [0.25, 0.3) is 0 Å². The van der Waals surface area contributed by atoms with E-state index in [2.05, 4.69) is 65.2 Å².